The van der Waals surface area contributed by atoms with Crippen LogP contribution in [-0.4, -0.2) is 55.6 Å². The van der Waals surface area contributed by atoms with Crippen LogP contribution in [0.4, 0.5) is 13.2 Å². The Kier molecular flexibility index (Phi) is 7.13. The lowest BCUT2D eigenvalue weighted by Crippen LogP contribution is -2.47. The molecule has 0 saturated heterocycles. The summed E-state index contributed by atoms with van der Waals surface area (Å²) in [6.07, 6.45) is 4.52. The number of benzene rings is 1. The number of nitrogens with zero attached hydrogens (tertiary/aromatic N) is 5. The van der Waals surface area contributed by atoms with Crippen molar-refractivity contribution in [2.45, 2.75) is 64.5 Å². The van der Waals surface area contributed by atoms with Gasteiger partial charge < -0.3 is 4.90 Å². The van der Waals surface area contributed by atoms with Gasteiger partial charge in [-0.2, -0.15) is 18.3 Å². The Morgan fingerprint density at radius 2 is 1.82 bits per heavy atom. The van der Waals surface area contributed by atoms with Gasteiger partial charge in [-0.3, -0.25) is 19.4 Å². The molecular weight excluding hydrogens is 503 g/mol. The molecule has 2 aliphatic rings. The van der Waals surface area contributed by atoms with Crippen LogP contribution in [0.15, 0.2) is 60.9 Å². The molecular formula is C30H34F3N5O. The largest absolute Gasteiger partial charge is 0.416 e. The monoisotopic (exact) mass is 537 g/mol. The molecule has 0 unspecified atom stereocenters. The van der Waals surface area contributed by atoms with Gasteiger partial charge >= 0.3 is 6.18 Å². The minimum Gasteiger partial charge on any atom is -0.328 e. The number of hydrogen-bond acceptors (Lipinski definition) is 4. The predicted octanol–water partition coefficient (Wildman–Crippen LogP) is 6.04. The maximum Gasteiger partial charge on any atom is 0.416 e. The number of hydrogen-bond donors (Lipinski definition) is 0. The Balaban J connectivity index is 1.54. The van der Waals surface area contributed by atoms with E-state index in [1.807, 2.05) is 34.8 Å². The second kappa shape index (κ2) is 10.3. The van der Waals surface area contributed by atoms with E-state index in [0.717, 1.165) is 41.8 Å². The first-order chi connectivity index (χ1) is 18.4. The molecule has 39 heavy (non-hydrogen) atoms. The van der Waals surface area contributed by atoms with E-state index in [2.05, 4.69) is 30.7 Å². The van der Waals surface area contributed by atoms with Gasteiger partial charge in [0.1, 0.15) is 5.69 Å². The highest BCUT2D eigenvalue weighted by Crippen LogP contribution is 2.43. The number of likely N-dealkylation sites (N-methyl/N-ethyl adjacent to an activating group) is 1. The van der Waals surface area contributed by atoms with E-state index in [0.29, 0.717) is 36.8 Å². The van der Waals surface area contributed by atoms with Crippen molar-refractivity contribution < 1.29 is 18.0 Å². The van der Waals surface area contributed by atoms with Crippen LogP contribution in [0.5, 0.6) is 0 Å². The molecule has 6 nitrogen and oxygen atoms in total. The van der Waals surface area contributed by atoms with E-state index in [1.165, 1.54) is 6.07 Å². The molecule has 1 aliphatic heterocycles. The van der Waals surface area contributed by atoms with Gasteiger partial charge in [-0.15, -0.1) is 0 Å². The van der Waals surface area contributed by atoms with Gasteiger partial charge in [0.25, 0.3) is 0 Å². The Bertz CT molecular complexity index is 1370. The highest BCUT2D eigenvalue weighted by Gasteiger charge is 2.42. The molecule has 0 spiro atoms. The zero-order chi connectivity index (χ0) is 27.9. The van der Waals surface area contributed by atoms with E-state index in [-0.39, 0.29) is 17.5 Å². The quantitative estimate of drug-likeness (QED) is 0.360. The minimum atomic E-state index is -4.46. The lowest BCUT2D eigenvalue weighted by Gasteiger charge is -2.36. The highest BCUT2D eigenvalue weighted by atomic mass is 19.4. The molecule has 1 atom stereocenters. The normalized spacial score (nSPS) is 18.2. The molecule has 1 amide bonds. The van der Waals surface area contributed by atoms with E-state index in [9.17, 15) is 18.0 Å². The SMILES string of the molecule is CN(C/C=C/C(=O)N1Cc2c(-c3ccncc3)c(-c3cccc(C(F)(F)F)c3)nn2C[C@@H]1C1CC1)C(C)(C)C. The zero-order valence-electron chi connectivity index (χ0n) is 22.7. The summed E-state index contributed by atoms with van der Waals surface area (Å²) in [4.78, 5) is 21.7. The molecule has 206 valence electrons. The summed E-state index contributed by atoms with van der Waals surface area (Å²) in [6, 6.07) is 8.94. The Morgan fingerprint density at radius 3 is 2.46 bits per heavy atom. The van der Waals surface area contributed by atoms with Gasteiger partial charge in [0.15, 0.2) is 0 Å². The maximum absolute atomic E-state index is 13.6. The first-order valence-corrected chi connectivity index (χ1v) is 13.3. The number of pyridine rings is 1. The summed E-state index contributed by atoms with van der Waals surface area (Å²) in [7, 11) is 2.03. The van der Waals surface area contributed by atoms with Gasteiger partial charge in [-0.1, -0.05) is 18.2 Å². The van der Waals surface area contributed by atoms with E-state index < -0.39 is 11.7 Å². The van der Waals surface area contributed by atoms with Crippen molar-refractivity contribution in [3.8, 4) is 22.4 Å². The van der Waals surface area contributed by atoms with Crippen molar-refractivity contribution in [3.63, 3.8) is 0 Å². The fourth-order valence-electron chi connectivity index (χ4n) is 5.04. The van der Waals surface area contributed by atoms with Crippen LogP contribution in [0.1, 0.15) is 44.9 Å². The number of carbonyl (C=O) groups excluding carboxylic acids is 1. The third-order valence-corrected chi connectivity index (χ3v) is 7.80. The van der Waals surface area contributed by atoms with Crippen LogP contribution >= 0.6 is 0 Å². The van der Waals surface area contributed by atoms with Crippen LogP contribution in [0, 0.1) is 5.92 Å². The number of fused-ring (bicyclic) bond motifs is 1. The van der Waals surface area contributed by atoms with E-state index in [4.69, 9.17) is 5.10 Å². The van der Waals surface area contributed by atoms with Gasteiger partial charge in [-0.05, 0) is 76.4 Å². The number of aromatic nitrogens is 3. The maximum atomic E-state index is 13.6. The number of halogens is 3. The van der Waals surface area contributed by atoms with Crippen molar-refractivity contribution in [2.75, 3.05) is 13.6 Å². The molecule has 0 radical (unpaired) electrons. The fraction of sp³-hybridized carbons (Fsp3) is 0.433. The molecule has 1 aromatic carbocycles. The van der Waals surface area contributed by atoms with Gasteiger partial charge in [0.2, 0.25) is 5.91 Å². The molecule has 5 rings (SSSR count). The van der Waals surface area contributed by atoms with Crippen molar-refractivity contribution in [3.05, 3.63) is 72.2 Å². The Labute approximate surface area is 227 Å². The molecule has 3 heterocycles. The van der Waals surface area contributed by atoms with Crippen molar-refractivity contribution >= 4 is 5.91 Å². The fourth-order valence-corrected chi connectivity index (χ4v) is 5.04. The van der Waals surface area contributed by atoms with Crippen LogP contribution < -0.4 is 0 Å². The van der Waals surface area contributed by atoms with Crippen molar-refractivity contribution in [1.29, 1.82) is 0 Å². The highest BCUT2D eigenvalue weighted by molar-refractivity contribution is 5.89. The number of amides is 1. The lowest BCUT2D eigenvalue weighted by molar-refractivity contribution is -0.137. The summed E-state index contributed by atoms with van der Waals surface area (Å²) < 4.78 is 42.5. The van der Waals surface area contributed by atoms with Gasteiger partial charge in [-0.25, -0.2) is 0 Å². The second-order valence-corrected chi connectivity index (χ2v) is 11.5. The summed E-state index contributed by atoms with van der Waals surface area (Å²) in [5.74, 6) is 0.348. The Hall–Kier alpha value is -3.46. The standard InChI is InChI=1S/C30H34F3N5O/c1-29(2,3)36(4)16-6-9-26(39)37-18-25-27(21-12-14-34-15-13-21)28(35-38(25)19-24(37)20-10-11-20)22-7-5-8-23(17-22)30(31,32)33/h5-9,12-15,17,20,24H,10-11,16,18-19H2,1-4H3/b9-6+/t24-/m1/s1. The van der Waals surface area contributed by atoms with Crippen molar-refractivity contribution in [1.82, 2.24) is 24.6 Å². The van der Waals surface area contributed by atoms with E-state index in [1.54, 1.807) is 24.5 Å². The lowest BCUT2D eigenvalue weighted by atomic mass is 9.97. The first-order valence-electron chi connectivity index (χ1n) is 13.3. The predicted molar refractivity (Wildman–Crippen MR) is 144 cm³/mol. The van der Waals surface area contributed by atoms with Crippen LogP contribution in [-0.2, 0) is 24.1 Å². The first kappa shape index (κ1) is 27.1. The smallest absolute Gasteiger partial charge is 0.328 e. The molecule has 9 heteroatoms. The Morgan fingerprint density at radius 1 is 1.10 bits per heavy atom. The third-order valence-electron chi connectivity index (χ3n) is 7.80. The van der Waals surface area contributed by atoms with Gasteiger partial charge in [0.05, 0.1) is 30.4 Å². The average Bonchev–Trinajstić information content (AvgIpc) is 3.67. The van der Waals surface area contributed by atoms with E-state index >= 15 is 0 Å². The number of alkyl halides is 3. The molecule has 0 N–H and O–H groups in total. The zero-order valence-corrected chi connectivity index (χ0v) is 22.7. The van der Waals surface area contributed by atoms with Crippen LogP contribution in [0.2, 0.25) is 0 Å². The van der Waals surface area contributed by atoms with Crippen molar-refractivity contribution in [2.24, 2.45) is 5.92 Å². The van der Waals surface area contributed by atoms with Gasteiger partial charge in [0, 0.05) is 41.7 Å². The molecule has 3 aromatic rings. The summed E-state index contributed by atoms with van der Waals surface area (Å²) in [5, 5.41) is 4.85. The molecule has 1 fully saturated rings. The summed E-state index contributed by atoms with van der Waals surface area (Å²) in [6.45, 7) is 7.87. The summed E-state index contributed by atoms with van der Waals surface area (Å²) in [5.41, 5.74) is 2.50. The molecule has 1 saturated carbocycles. The molecule has 0 bridgehead atoms. The minimum absolute atomic E-state index is 0.00505. The average molecular weight is 538 g/mol. The number of rotatable bonds is 6. The number of carbonyl (C=O) groups is 1. The third kappa shape index (κ3) is 5.78. The topological polar surface area (TPSA) is 54.3 Å². The summed E-state index contributed by atoms with van der Waals surface area (Å²) >= 11 is 0. The second-order valence-electron chi connectivity index (χ2n) is 11.5. The van der Waals surface area contributed by atoms with Crippen LogP contribution in [0.3, 0.4) is 0 Å². The molecule has 2 aromatic heterocycles. The molecule has 1 aliphatic carbocycles. The van der Waals surface area contributed by atoms with Crippen LogP contribution in [0.25, 0.3) is 22.4 Å².